The van der Waals surface area contributed by atoms with E-state index >= 15 is 0 Å². The van der Waals surface area contributed by atoms with Crippen LogP contribution in [0.5, 0.6) is 0 Å². The van der Waals surface area contributed by atoms with Crippen LogP contribution >= 0.6 is 10.0 Å². The first-order chi connectivity index (χ1) is 6.33. The molecule has 0 radical (unpaired) electrons. The van der Waals surface area contributed by atoms with Crippen LogP contribution in [0, 0.1) is 5.41 Å². The second-order valence-electron chi connectivity index (χ2n) is 5.88. The van der Waals surface area contributed by atoms with Crippen molar-refractivity contribution in [2.24, 2.45) is 5.41 Å². The molecule has 0 saturated heterocycles. The van der Waals surface area contributed by atoms with Crippen LogP contribution < -0.4 is 0 Å². The van der Waals surface area contributed by atoms with Gasteiger partial charge in [-0.1, -0.05) is 40.5 Å². The molecule has 0 nitrogen and oxygen atoms in total. The first-order valence-electron chi connectivity index (χ1n) is 6.02. The molecule has 0 unspecified atom stereocenters. The predicted molar refractivity (Wildman–Crippen MR) is 72.8 cm³/mol. The zero-order valence-electron chi connectivity index (χ0n) is 11.2. The number of rotatable bonds is 7. The average molecular weight is 218 g/mol. The molecule has 88 valence electrons. The number of hydrogen-bond donors (Lipinski definition) is 0. The maximum atomic E-state index is 2.51. The maximum Gasteiger partial charge on any atom is -0.0181 e. The second kappa shape index (κ2) is 6.05. The quantitative estimate of drug-likeness (QED) is 0.582. The summed E-state index contributed by atoms with van der Waals surface area (Å²) in [5, 5.41) is 0. The summed E-state index contributed by atoms with van der Waals surface area (Å²) >= 11 is 0. The van der Waals surface area contributed by atoms with Gasteiger partial charge in [-0.25, -0.2) is 10.0 Å². The summed E-state index contributed by atoms with van der Waals surface area (Å²) in [5.41, 5.74) is 0.571. The molecule has 0 rings (SSSR count). The van der Waals surface area contributed by atoms with Crippen molar-refractivity contribution in [1.82, 2.24) is 0 Å². The summed E-state index contributed by atoms with van der Waals surface area (Å²) in [5.74, 6) is 2.92. The van der Waals surface area contributed by atoms with Crippen LogP contribution in [0.4, 0.5) is 0 Å². The monoisotopic (exact) mass is 218 g/mol. The summed E-state index contributed by atoms with van der Waals surface area (Å²) in [6, 6.07) is 0. The third-order valence-electron chi connectivity index (χ3n) is 2.76. The summed E-state index contributed by atoms with van der Waals surface area (Å²) in [7, 11) is -0.324. The molecule has 0 N–H and O–H groups in total. The smallest absolute Gasteiger partial charge is 0.0181 e. The van der Waals surface area contributed by atoms with Crippen LogP contribution in [0.2, 0.25) is 0 Å². The SMILES string of the molecule is CCCCS(C)(C)CC(C)(C)CCC. The van der Waals surface area contributed by atoms with Crippen molar-refractivity contribution in [1.29, 1.82) is 0 Å². The predicted octanol–water partition coefficient (Wildman–Crippen LogP) is 4.68. The lowest BCUT2D eigenvalue weighted by Gasteiger charge is -2.39. The molecule has 0 aromatic rings. The van der Waals surface area contributed by atoms with Crippen molar-refractivity contribution in [3.63, 3.8) is 0 Å². The second-order valence-corrected chi connectivity index (χ2v) is 10.1. The fraction of sp³-hybridized carbons (Fsp3) is 1.00. The lowest BCUT2D eigenvalue weighted by atomic mass is 9.91. The van der Waals surface area contributed by atoms with Crippen molar-refractivity contribution >= 4 is 10.0 Å². The highest BCUT2D eigenvalue weighted by atomic mass is 32.3. The minimum atomic E-state index is -0.324. The molecule has 0 aliphatic carbocycles. The van der Waals surface area contributed by atoms with Crippen LogP contribution in [0.15, 0.2) is 0 Å². The molecule has 0 heterocycles. The lowest BCUT2D eigenvalue weighted by molar-refractivity contribution is 0.380. The molecule has 0 aliphatic heterocycles. The molecule has 0 spiro atoms. The fourth-order valence-corrected chi connectivity index (χ4v) is 5.89. The number of unbranched alkanes of at least 4 members (excludes halogenated alkanes) is 1. The fourth-order valence-electron chi connectivity index (χ4n) is 2.41. The van der Waals surface area contributed by atoms with Crippen LogP contribution in [-0.2, 0) is 0 Å². The average Bonchev–Trinajstić information content (AvgIpc) is 1.98. The van der Waals surface area contributed by atoms with Crippen LogP contribution in [0.25, 0.3) is 0 Å². The molecule has 1 heteroatoms. The topological polar surface area (TPSA) is 0 Å². The van der Waals surface area contributed by atoms with Gasteiger partial charge in [-0.05, 0) is 42.3 Å². The highest BCUT2D eigenvalue weighted by Gasteiger charge is 2.24. The van der Waals surface area contributed by atoms with Gasteiger partial charge in [0.25, 0.3) is 0 Å². The molecule has 0 aromatic heterocycles. The number of hydrogen-bond acceptors (Lipinski definition) is 0. The van der Waals surface area contributed by atoms with E-state index in [0.717, 1.165) is 0 Å². The Balaban J connectivity index is 4.05. The maximum absolute atomic E-state index is 2.51. The van der Waals surface area contributed by atoms with Crippen LogP contribution in [0.3, 0.4) is 0 Å². The molecule has 0 aliphatic rings. The van der Waals surface area contributed by atoms with E-state index in [4.69, 9.17) is 0 Å². The molecule has 0 bridgehead atoms. The Morgan fingerprint density at radius 2 is 1.57 bits per heavy atom. The largest absolute Gasteiger partial charge is 0.246 e. The van der Waals surface area contributed by atoms with Gasteiger partial charge in [-0.3, -0.25) is 0 Å². The van der Waals surface area contributed by atoms with E-state index in [1.807, 2.05) is 0 Å². The van der Waals surface area contributed by atoms with Crippen LogP contribution in [0.1, 0.15) is 53.4 Å². The molecule has 0 aromatic carbocycles. The Morgan fingerprint density at radius 1 is 1.00 bits per heavy atom. The van der Waals surface area contributed by atoms with Gasteiger partial charge in [0.2, 0.25) is 0 Å². The van der Waals surface area contributed by atoms with E-state index in [2.05, 4.69) is 40.2 Å². The van der Waals surface area contributed by atoms with Gasteiger partial charge < -0.3 is 0 Å². The summed E-state index contributed by atoms with van der Waals surface area (Å²) in [6.45, 7) is 9.48. The summed E-state index contributed by atoms with van der Waals surface area (Å²) < 4.78 is 0. The Labute approximate surface area is 93.2 Å². The van der Waals surface area contributed by atoms with Crippen molar-refractivity contribution < 1.29 is 0 Å². The minimum Gasteiger partial charge on any atom is -0.246 e. The molecular weight excluding hydrogens is 188 g/mol. The first-order valence-corrected chi connectivity index (χ1v) is 8.80. The third-order valence-corrected chi connectivity index (χ3v) is 5.72. The Hall–Kier alpha value is 0.350. The zero-order chi connectivity index (χ0) is 11.2. The molecule has 14 heavy (non-hydrogen) atoms. The standard InChI is InChI=1S/C13H30S/c1-7-9-11-14(5,6)12-13(3,4)10-8-2/h7-12H2,1-6H3. The van der Waals surface area contributed by atoms with Crippen molar-refractivity contribution in [3.8, 4) is 0 Å². The van der Waals surface area contributed by atoms with Gasteiger partial charge >= 0.3 is 0 Å². The summed E-state index contributed by atoms with van der Waals surface area (Å²) in [4.78, 5) is 0. The zero-order valence-corrected chi connectivity index (χ0v) is 12.0. The highest BCUT2D eigenvalue weighted by Crippen LogP contribution is 2.47. The minimum absolute atomic E-state index is 0.324. The van der Waals surface area contributed by atoms with Gasteiger partial charge in [0, 0.05) is 0 Å². The first kappa shape index (κ1) is 14.3. The van der Waals surface area contributed by atoms with Crippen LogP contribution in [-0.4, -0.2) is 24.0 Å². The van der Waals surface area contributed by atoms with E-state index < -0.39 is 0 Å². The summed E-state index contributed by atoms with van der Waals surface area (Å²) in [6.07, 6.45) is 10.5. The van der Waals surface area contributed by atoms with E-state index in [0.29, 0.717) is 5.41 Å². The van der Waals surface area contributed by atoms with E-state index in [9.17, 15) is 0 Å². The highest BCUT2D eigenvalue weighted by molar-refractivity contribution is 8.32. The van der Waals surface area contributed by atoms with Gasteiger partial charge in [0.15, 0.2) is 0 Å². The van der Waals surface area contributed by atoms with E-state index in [1.54, 1.807) is 0 Å². The van der Waals surface area contributed by atoms with Crippen molar-refractivity contribution in [2.45, 2.75) is 53.4 Å². The molecule has 0 fully saturated rings. The van der Waals surface area contributed by atoms with Crippen molar-refractivity contribution in [2.75, 3.05) is 24.0 Å². The Kier molecular flexibility index (Phi) is 6.20. The third kappa shape index (κ3) is 6.75. The van der Waals surface area contributed by atoms with Gasteiger partial charge in [0.1, 0.15) is 0 Å². The van der Waals surface area contributed by atoms with Gasteiger partial charge in [-0.15, -0.1) is 0 Å². The van der Waals surface area contributed by atoms with E-state index in [1.165, 1.54) is 37.2 Å². The van der Waals surface area contributed by atoms with Crippen molar-refractivity contribution in [3.05, 3.63) is 0 Å². The van der Waals surface area contributed by atoms with Gasteiger partial charge in [0.05, 0.1) is 0 Å². The molecule has 0 atom stereocenters. The normalized spacial score (nSPS) is 14.4. The van der Waals surface area contributed by atoms with E-state index in [-0.39, 0.29) is 10.0 Å². The molecule has 0 amide bonds. The Bertz CT molecular complexity index is 147. The Morgan fingerprint density at radius 3 is 2.00 bits per heavy atom. The molecular formula is C13H30S. The lowest BCUT2D eigenvalue weighted by Crippen LogP contribution is -2.22. The van der Waals surface area contributed by atoms with Gasteiger partial charge in [-0.2, -0.15) is 0 Å². The molecule has 0 saturated carbocycles.